The van der Waals surface area contributed by atoms with Crippen LogP contribution in [0.5, 0.6) is 0 Å². The molecule has 1 aliphatic rings. The van der Waals surface area contributed by atoms with Crippen LogP contribution in [0.1, 0.15) is 73.7 Å². The summed E-state index contributed by atoms with van der Waals surface area (Å²) in [5, 5.41) is 11.2. The van der Waals surface area contributed by atoms with Crippen molar-refractivity contribution in [1.29, 1.82) is 0 Å². The number of H-pyrrole nitrogens is 1. The van der Waals surface area contributed by atoms with Gasteiger partial charge in [0.2, 0.25) is 5.82 Å². The standard InChI is InChI=1S/C31H35N9O/c1-3-16-39(31(41)29-34-19-35-38-29)23(4-2)13-15-26-27(21-10-11-21)28(32)40-30(37-26)24(18-36-40)22-12-14-25(33-17-22)20-8-6-5-7-9-20/h5-9,12,14,17-19,21,23H,3-4,10-11,13,15-16,32H2,1-2H3,(H,34,35,38)/t23-/m1/s1. The molecule has 4 aromatic heterocycles. The number of aromatic nitrogens is 7. The number of carbonyl (C=O) groups excluding carboxylic acids is 1. The van der Waals surface area contributed by atoms with Crippen molar-refractivity contribution in [2.75, 3.05) is 12.3 Å². The maximum atomic E-state index is 13.2. The molecule has 1 amide bonds. The number of rotatable bonds is 11. The van der Waals surface area contributed by atoms with Crippen molar-refractivity contribution in [1.82, 2.24) is 39.7 Å². The van der Waals surface area contributed by atoms with Crippen LogP contribution in [0.4, 0.5) is 5.82 Å². The summed E-state index contributed by atoms with van der Waals surface area (Å²) in [6.45, 7) is 4.85. The molecule has 41 heavy (non-hydrogen) atoms. The molecule has 0 unspecified atom stereocenters. The molecule has 0 spiro atoms. The van der Waals surface area contributed by atoms with Crippen LogP contribution in [0.3, 0.4) is 0 Å². The van der Waals surface area contributed by atoms with Crippen molar-refractivity contribution in [3.63, 3.8) is 0 Å². The highest BCUT2D eigenvalue weighted by atomic mass is 16.2. The minimum Gasteiger partial charge on any atom is -0.383 e. The maximum Gasteiger partial charge on any atom is 0.291 e. The van der Waals surface area contributed by atoms with Gasteiger partial charge in [-0.05, 0) is 50.5 Å². The number of aromatic amines is 1. The van der Waals surface area contributed by atoms with Gasteiger partial charge in [-0.3, -0.25) is 14.9 Å². The molecule has 1 aromatic carbocycles. The number of hydrogen-bond acceptors (Lipinski definition) is 7. The lowest BCUT2D eigenvalue weighted by Crippen LogP contribution is -2.41. The summed E-state index contributed by atoms with van der Waals surface area (Å²) in [6.07, 6.45) is 10.4. The molecule has 1 saturated carbocycles. The molecule has 1 fully saturated rings. The number of nitrogens with zero attached hydrogens (tertiary/aromatic N) is 7. The molecule has 0 aliphatic heterocycles. The first-order valence-electron chi connectivity index (χ1n) is 14.4. The summed E-state index contributed by atoms with van der Waals surface area (Å²) in [5.74, 6) is 1.22. The van der Waals surface area contributed by atoms with E-state index < -0.39 is 0 Å². The Morgan fingerprint density at radius 1 is 1.10 bits per heavy atom. The van der Waals surface area contributed by atoms with Gasteiger partial charge < -0.3 is 10.6 Å². The molecule has 5 aromatic rings. The third-order valence-electron chi connectivity index (χ3n) is 7.90. The Hall–Kier alpha value is -4.60. The van der Waals surface area contributed by atoms with E-state index >= 15 is 0 Å². The molecule has 4 heterocycles. The first-order valence-corrected chi connectivity index (χ1v) is 14.4. The van der Waals surface area contributed by atoms with Crippen molar-refractivity contribution >= 4 is 17.4 Å². The van der Waals surface area contributed by atoms with E-state index in [9.17, 15) is 4.79 Å². The number of nitrogen functional groups attached to an aromatic ring is 1. The van der Waals surface area contributed by atoms with Crippen molar-refractivity contribution in [3.05, 3.63) is 78.3 Å². The van der Waals surface area contributed by atoms with Crippen LogP contribution in [0.15, 0.2) is 61.2 Å². The van der Waals surface area contributed by atoms with Crippen LogP contribution in [0, 0.1) is 0 Å². The predicted octanol–water partition coefficient (Wildman–Crippen LogP) is 5.30. The van der Waals surface area contributed by atoms with E-state index in [1.165, 1.54) is 6.33 Å². The second-order valence-electron chi connectivity index (χ2n) is 10.7. The Bertz CT molecular complexity index is 1620. The fourth-order valence-corrected chi connectivity index (χ4v) is 5.64. The fraction of sp³-hybridized carbons (Fsp3) is 0.355. The van der Waals surface area contributed by atoms with E-state index in [1.807, 2.05) is 41.6 Å². The van der Waals surface area contributed by atoms with Crippen molar-refractivity contribution in [2.24, 2.45) is 0 Å². The Morgan fingerprint density at radius 3 is 2.59 bits per heavy atom. The van der Waals surface area contributed by atoms with Crippen LogP contribution >= 0.6 is 0 Å². The summed E-state index contributed by atoms with van der Waals surface area (Å²) >= 11 is 0. The number of carbonyl (C=O) groups is 1. The average Bonchev–Trinajstić information content (AvgIpc) is 3.50. The molecular weight excluding hydrogens is 514 g/mol. The first kappa shape index (κ1) is 26.6. The van der Waals surface area contributed by atoms with Gasteiger partial charge in [-0.2, -0.15) is 14.7 Å². The van der Waals surface area contributed by atoms with Gasteiger partial charge in [0.1, 0.15) is 12.1 Å². The summed E-state index contributed by atoms with van der Waals surface area (Å²) in [7, 11) is 0. The summed E-state index contributed by atoms with van der Waals surface area (Å²) in [4.78, 5) is 29.2. The molecule has 0 bridgehead atoms. The molecule has 0 saturated heterocycles. The van der Waals surface area contributed by atoms with Gasteiger partial charge >= 0.3 is 0 Å². The molecule has 3 N–H and O–H groups in total. The number of hydrogen-bond donors (Lipinski definition) is 2. The van der Waals surface area contributed by atoms with Crippen molar-refractivity contribution in [3.8, 4) is 22.4 Å². The molecule has 10 nitrogen and oxygen atoms in total. The second-order valence-corrected chi connectivity index (χ2v) is 10.7. The Balaban J connectivity index is 1.31. The molecule has 210 valence electrons. The van der Waals surface area contributed by atoms with E-state index in [0.29, 0.717) is 24.7 Å². The fourth-order valence-electron chi connectivity index (χ4n) is 5.64. The minimum atomic E-state index is -0.119. The quantitative estimate of drug-likeness (QED) is 0.229. The molecule has 0 radical (unpaired) electrons. The Labute approximate surface area is 239 Å². The number of anilines is 1. The highest BCUT2D eigenvalue weighted by molar-refractivity contribution is 5.90. The van der Waals surface area contributed by atoms with Crippen molar-refractivity contribution < 1.29 is 4.79 Å². The molecular formula is C31H35N9O. The molecule has 1 atom stereocenters. The van der Waals surface area contributed by atoms with E-state index in [4.69, 9.17) is 15.7 Å². The largest absolute Gasteiger partial charge is 0.383 e. The van der Waals surface area contributed by atoms with Crippen molar-refractivity contribution in [2.45, 2.75) is 64.3 Å². The smallest absolute Gasteiger partial charge is 0.291 e. The summed E-state index contributed by atoms with van der Waals surface area (Å²) < 4.78 is 1.77. The van der Waals surface area contributed by atoms with E-state index in [2.05, 4.69) is 52.3 Å². The third-order valence-corrected chi connectivity index (χ3v) is 7.90. The zero-order chi connectivity index (χ0) is 28.3. The summed E-state index contributed by atoms with van der Waals surface area (Å²) in [6, 6.07) is 14.2. The highest BCUT2D eigenvalue weighted by Gasteiger charge is 2.32. The van der Waals surface area contributed by atoms with E-state index in [1.54, 1.807) is 4.52 Å². The number of amides is 1. The maximum absolute atomic E-state index is 13.2. The topological polar surface area (TPSA) is 131 Å². The lowest BCUT2D eigenvalue weighted by atomic mass is 10.00. The SMILES string of the molecule is CCCN(C(=O)c1ncn[nH]1)[C@H](CC)CCc1nc2c(-c3ccc(-c4ccccc4)nc3)cnn2c(N)c1C1CC1. The zero-order valence-electron chi connectivity index (χ0n) is 23.5. The number of fused-ring (bicyclic) bond motifs is 1. The predicted molar refractivity (Wildman–Crippen MR) is 158 cm³/mol. The average molecular weight is 550 g/mol. The van der Waals surface area contributed by atoms with Gasteiger partial charge in [0.05, 0.1) is 17.6 Å². The van der Waals surface area contributed by atoms with Crippen LogP contribution in [0.25, 0.3) is 28.0 Å². The van der Waals surface area contributed by atoms with Gasteiger partial charge in [-0.1, -0.05) is 50.2 Å². The molecule has 10 heteroatoms. The van der Waals surface area contributed by atoms with Crippen LogP contribution in [-0.2, 0) is 6.42 Å². The lowest BCUT2D eigenvalue weighted by molar-refractivity contribution is 0.0650. The van der Waals surface area contributed by atoms with Gasteiger partial charge in [0.25, 0.3) is 5.91 Å². The van der Waals surface area contributed by atoms with Crippen LogP contribution < -0.4 is 5.73 Å². The first-order chi connectivity index (χ1) is 20.1. The third kappa shape index (κ3) is 5.29. The number of nitrogens with one attached hydrogen (secondary N) is 1. The van der Waals surface area contributed by atoms with Gasteiger partial charge in [-0.15, -0.1) is 0 Å². The van der Waals surface area contributed by atoms with E-state index in [0.717, 1.165) is 71.4 Å². The minimum absolute atomic E-state index is 0.0398. The number of pyridine rings is 1. The monoisotopic (exact) mass is 549 g/mol. The van der Waals surface area contributed by atoms with E-state index in [-0.39, 0.29) is 17.8 Å². The van der Waals surface area contributed by atoms with Crippen LogP contribution in [0.2, 0.25) is 0 Å². The second kappa shape index (κ2) is 11.5. The molecule has 6 rings (SSSR count). The number of aryl methyl sites for hydroxylation is 1. The van der Waals surface area contributed by atoms with Gasteiger partial charge in [-0.25, -0.2) is 9.97 Å². The number of benzene rings is 1. The van der Waals surface area contributed by atoms with Gasteiger partial charge in [0.15, 0.2) is 5.65 Å². The highest BCUT2D eigenvalue weighted by Crippen LogP contribution is 2.45. The normalized spacial score (nSPS) is 13.9. The lowest BCUT2D eigenvalue weighted by Gasteiger charge is -2.30. The molecule has 1 aliphatic carbocycles. The zero-order valence-corrected chi connectivity index (χ0v) is 23.5. The summed E-state index contributed by atoms with van der Waals surface area (Å²) in [5.41, 5.74) is 13.4. The van der Waals surface area contributed by atoms with Gasteiger partial charge in [0, 0.05) is 41.0 Å². The Morgan fingerprint density at radius 2 is 1.93 bits per heavy atom. The van der Waals surface area contributed by atoms with Crippen LogP contribution in [-0.4, -0.2) is 58.2 Å². The Kier molecular flexibility index (Phi) is 7.45. The number of nitrogens with two attached hydrogens (primary N) is 1.